The number of fused-ring (bicyclic) bond motifs is 1. The maximum atomic E-state index is 15.4. The number of piperidine rings is 1. The molecule has 4 aliphatic heterocycles. The lowest BCUT2D eigenvalue weighted by atomic mass is 9.66. The Morgan fingerprint density at radius 3 is 2.33 bits per heavy atom. The number of nitrogens with two attached hydrogens (primary N) is 2. The lowest BCUT2D eigenvalue weighted by molar-refractivity contribution is -0.503. The lowest BCUT2D eigenvalue weighted by Crippen LogP contribution is -2.80. The van der Waals surface area contributed by atoms with Crippen molar-refractivity contribution in [2.75, 3.05) is 40.0 Å². The van der Waals surface area contributed by atoms with Crippen molar-refractivity contribution >= 4 is 52.1 Å². The number of aliphatic hydroxyl groups excluding tert-OH is 3. The molecule has 2 bridgehead atoms. The molecule has 3 saturated heterocycles. The lowest BCUT2D eigenvalue weighted by Gasteiger charge is -2.58. The Morgan fingerprint density at radius 1 is 1.04 bits per heavy atom. The summed E-state index contributed by atoms with van der Waals surface area (Å²) in [6.07, 6.45) is -8.22. The van der Waals surface area contributed by atoms with Gasteiger partial charge in [0.1, 0.15) is 55.8 Å². The predicted molar refractivity (Wildman–Crippen MR) is 247 cm³/mol. The van der Waals surface area contributed by atoms with Crippen molar-refractivity contribution in [1.82, 2.24) is 20.9 Å². The van der Waals surface area contributed by atoms with Gasteiger partial charge < -0.3 is 69.1 Å². The summed E-state index contributed by atoms with van der Waals surface area (Å²) in [4.78, 5) is 84.1. The quantitative estimate of drug-likeness (QED) is 0.00664. The highest BCUT2D eigenvalue weighted by atomic mass is 32.3. The summed E-state index contributed by atoms with van der Waals surface area (Å²) in [5.74, 6) is -4.76. The van der Waals surface area contributed by atoms with Gasteiger partial charge in [0, 0.05) is 32.9 Å². The van der Waals surface area contributed by atoms with E-state index < -0.39 is 144 Å². The van der Waals surface area contributed by atoms with E-state index in [1.807, 2.05) is 19.9 Å². The standard InChI is InChI=1S/C45H73N7O19S/c1-6-9-11-13-30(53)66-22-28-34(55)35(56)36(70-31(54)14-12-10-7-2)42(69-28)68-26-19-27-38(57)45(20-26)37(50-44(61)71-45)33(40(59)48-17-15-25-16-18-51(21-25)43(46)47)52(27)41(60)32(24(4)8-3)49-39(58)29(65-5)23-67-72(62,63)64/h16,24,26-29,32-38,42,55-57H,6-15,17-23H2,1-5H3,(H7,46,47,48,49,50,58,59,61,62,63,64)/t24-,26?,27?,28?,29?,32-,33?,34?,35?,36?,37?,38?,42?,45?/m1/s1. The number of alkyl carbamates (subject to hydrolysis) is 1. The summed E-state index contributed by atoms with van der Waals surface area (Å²) in [6.45, 7) is 6.49. The zero-order valence-electron chi connectivity index (χ0n) is 41.4. The van der Waals surface area contributed by atoms with E-state index in [1.165, 1.54) is 0 Å². The van der Waals surface area contributed by atoms with Crippen molar-refractivity contribution in [3.8, 4) is 0 Å². The average molecular weight is 1050 g/mol. The Balaban J connectivity index is 1.52. The minimum atomic E-state index is -5.28. The highest BCUT2D eigenvalue weighted by Gasteiger charge is 2.70. The molecule has 10 N–H and O–H groups in total. The van der Waals surface area contributed by atoms with Crippen LogP contribution in [0.25, 0.3) is 0 Å². The Bertz CT molecular complexity index is 2110. The van der Waals surface area contributed by atoms with Crippen LogP contribution in [0.2, 0.25) is 0 Å². The number of carbonyl (C=O) groups is 6. The summed E-state index contributed by atoms with van der Waals surface area (Å²) in [6, 6.07) is -6.13. The maximum absolute atomic E-state index is 15.4. The Labute approximate surface area is 418 Å². The monoisotopic (exact) mass is 1050 g/mol. The zero-order valence-corrected chi connectivity index (χ0v) is 42.3. The summed E-state index contributed by atoms with van der Waals surface area (Å²) >= 11 is 0. The molecule has 5 rings (SSSR count). The normalized spacial score (nSPS) is 30.2. The van der Waals surface area contributed by atoms with E-state index in [1.54, 1.807) is 18.4 Å². The highest BCUT2D eigenvalue weighted by molar-refractivity contribution is 7.80. The molecule has 72 heavy (non-hydrogen) atoms. The molecule has 0 radical (unpaired) electrons. The number of ether oxygens (including phenoxy) is 6. The van der Waals surface area contributed by atoms with Gasteiger partial charge in [0.25, 0.3) is 5.91 Å². The van der Waals surface area contributed by atoms with Gasteiger partial charge >= 0.3 is 24.0 Å². The number of likely N-dealkylation sites (tertiary alicyclic amines) is 1. The molecular formula is C45H73N7O19S. The largest absolute Gasteiger partial charge is 0.726 e. The molecular weight excluding hydrogens is 975 g/mol. The third-order valence-corrected chi connectivity index (χ3v) is 14.4. The van der Waals surface area contributed by atoms with Gasteiger partial charge in [-0.05, 0) is 43.3 Å². The number of hydrogen-bond donors (Lipinski definition) is 8. The number of esters is 2. The van der Waals surface area contributed by atoms with Gasteiger partial charge in [0.2, 0.25) is 22.2 Å². The van der Waals surface area contributed by atoms with Gasteiger partial charge in [-0.3, -0.25) is 44.2 Å². The molecule has 1 saturated carbocycles. The third kappa shape index (κ3) is 14.3. The highest BCUT2D eigenvalue weighted by Crippen LogP contribution is 2.48. The van der Waals surface area contributed by atoms with E-state index >= 15 is 4.79 Å². The first kappa shape index (κ1) is 58.2. The summed E-state index contributed by atoms with van der Waals surface area (Å²) in [7, 11) is -4.24. The van der Waals surface area contributed by atoms with Gasteiger partial charge in [-0.15, -0.1) is 0 Å². The van der Waals surface area contributed by atoms with Crippen LogP contribution in [0.3, 0.4) is 0 Å². The predicted octanol–water partition coefficient (Wildman–Crippen LogP) is -2.23. The van der Waals surface area contributed by atoms with E-state index in [-0.39, 0.29) is 44.6 Å². The molecule has 5 aliphatic rings. The molecule has 14 atom stereocenters. The van der Waals surface area contributed by atoms with Crippen LogP contribution in [-0.4, -0.2) is 198 Å². The van der Waals surface area contributed by atoms with Crippen molar-refractivity contribution in [3.63, 3.8) is 0 Å². The van der Waals surface area contributed by atoms with Gasteiger partial charge in [-0.2, -0.15) is 0 Å². The smallest absolute Gasteiger partial charge is 0.408 e. The van der Waals surface area contributed by atoms with Crippen LogP contribution in [0.5, 0.6) is 0 Å². The number of guanidine groups is 1. The summed E-state index contributed by atoms with van der Waals surface area (Å²) in [5.41, 5.74) is 10.4. The van der Waals surface area contributed by atoms with Crippen LogP contribution >= 0.6 is 0 Å². The summed E-state index contributed by atoms with van der Waals surface area (Å²) < 4.78 is 74.6. The second kappa shape index (κ2) is 26.0. The van der Waals surface area contributed by atoms with Crippen molar-refractivity contribution in [2.24, 2.45) is 17.4 Å². The number of rotatable bonds is 26. The van der Waals surface area contributed by atoms with Crippen LogP contribution in [0.15, 0.2) is 11.6 Å². The molecule has 4 heterocycles. The molecule has 27 heteroatoms. The van der Waals surface area contributed by atoms with Crippen LogP contribution < -0.4 is 27.4 Å². The molecule has 0 aromatic carbocycles. The number of methoxy groups -OCH3 is 1. The molecule has 1 aliphatic carbocycles. The summed E-state index contributed by atoms with van der Waals surface area (Å²) in [5, 5.41) is 43.1. The minimum Gasteiger partial charge on any atom is -0.726 e. The fourth-order valence-electron chi connectivity index (χ4n) is 9.76. The molecule has 4 amide bonds. The fourth-order valence-corrected chi connectivity index (χ4v) is 10.1. The van der Waals surface area contributed by atoms with Gasteiger partial charge in [-0.1, -0.05) is 59.8 Å². The Kier molecular flexibility index (Phi) is 21.0. The molecule has 1 spiro atoms. The first-order valence-electron chi connectivity index (χ1n) is 24.6. The fraction of sp³-hybridized carbons (Fsp3) is 0.800. The number of amides is 4. The molecule has 26 nitrogen and oxygen atoms in total. The number of nitrogens with zero attached hydrogens (tertiary/aromatic N) is 2. The van der Waals surface area contributed by atoms with Crippen molar-refractivity contribution in [2.45, 2.75) is 184 Å². The van der Waals surface area contributed by atoms with Crippen molar-refractivity contribution in [3.05, 3.63) is 11.6 Å². The topological polar surface area (TPSA) is 379 Å². The zero-order chi connectivity index (χ0) is 53.1. The van der Waals surface area contributed by atoms with E-state index in [0.29, 0.717) is 38.8 Å². The van der Waals surface area contributed by atoms with E-state index in [9.17, 15) is 52.3 Å². The molecule has 0 aromatic rings. The first-order valence-corrected chi connectivity index (χ1v) is 26.0. The third-order valence-electron chi connectivity index (χ3n) is 13.9. The average Bonchev–Trinajstić information content (AvgIpc) is 3.94. The van der Waals surface area contributed by atoms with Crippen LogP contribution in [-0.2, 0) is 67.0 Å². The Hall–Kier alpha value is -4.74. The molecule has 408 valence electrons. The number of aliphatic hydroxyl groups is 3. The number of hydrogen-bond acceptors (Lipinski definition) is 19. The van der Waals surface area contributed by atoms with Gasteiger partial charge in [0.15, 0.2) is 24.1 Å². The van der Waals surface area contributed by atoms with Crippen LogP contribution in [0.1, 0.15) is 105 Å². The molecule has 4 fully saturated rings. The number of unbranched alkanes of at least 4 members (excludes halogenated alkanes) is 4. The maximum Gasteiger partial charge on any atom is 0.408 e. The van der Waals surface area contributed by atoms with Crippen molar-refractivity contribution < 1.29 is 94.2 Å². The van der Waals surface area contributed by atoms with Crippen LogP contribution in [0, 0.1) is 5.92 Å². The second-order valence-corrected chi connectivity index (χ2v) is 20.0. The van der Waals surface area contributed by atoms with E-state index in [0.717, 1.165) is 36.8 Å². The Morgan fingerprint density at radius 2 is 1.72 bits per heavy atom. The first-order chi connectivity index (χ1) is 34.1. The minimum absolute atomic E-state index is 0.0274. The van der Waals surface area contributed by atoms with E-state index in [2.05, 4.69) is 20.1 Å². The SMILES string of the molecule is CCCCCC(=O)OCC1OC(OC2CC3C(O)C4(C2)OC(=O)NC4C(C(=O)NCCC2=CC[N+](=C(N)N)C2)N3C(=O)[C@H](NC(=O)C(COS(=O)(=O)[O-])OC)[C@H](C)CC)C(OC(=O)CCCCC)C(O)C1O. The van der Waals surface area contributed by atoms with E-state index in [4.69, 9.17) is 39.9 Å². The second-order valence-electron chi connectivity index (χ2n) is 18.9. The molecule has 12 unspecified atom stereocenters. The van der Waals surface area contributed by atoms with Crippen LogP contribution in [0.4, 0.5) is 4.79 Å². The van der Waals surface area contributed by atoms with Gasteiger partial charge in [0.05, 0.1) is 25.2 Å². The number of nitrogens with one attached hydrogen (secondary N) is 3. The van der Waals surface area contributed by atoms with Crippen molar-refractivity contribution in [1.29, 1.82) is 0 Å². The molecule has 0 aromatic heterocycles. The van der Waals surface area contributed by atoms with Gasteiger partial charge in [-0.25, -0.2) is 13.2 Å². The number of carbonyl (C=O) groups excluding carboxylic acids is 6.